The molecule has 3 aromatic rings. The number of carboxylic acids is 1. The van der Waals surface area contributed by atoms with Gasteiger partial charge < -0.3 is 10.4 Å². The van der Waals surface area contributed by atoms with Gasteiger partial charge in [0, 0.05) is 0 Å². The average molecular weight is 317 g/mol. The van der Waals surface area contributed by atoms with E-state index < -0.39 is 5.97 Å². The maximum atomic E-state index is 11.4. The van der Waals surface area contributed by atoms with E-state index >= 15 is 0 Å². The molecule has 0 radical (unpaired) electrons. The van der Waals surface area contributed by atoms with Crippen molar-refractivity contribution in [3.8, 4) is 0 Å². The zero-order valence-corrected chi connectivity index (χ0v) is 12.8. The molecule has 0 spiro atoms. The van der Waals surface area contributed by atoms with Gasteiger partial charge in [-0.05, 0) is 23.8 Å². The van der Waals surface area contributed by atoms with Crippen LogP contribution in [-0.4, -0.2) is 20.6 Å². The summed E-state index contributed by atoms with van der Waals surface area (Å²) >= 11 is 0. The van der Waals surface area contributed by atoms with Crippen LogP contribution >= 0.6 is 0 Å². The monoisotopic (exact) mass is 317 g/mol. The first-order chi connectivity index (χ1) is 11.7. The molecule has 1 aliphatic rings. The largest absolute Gasteiger partial charge is 0.477 e. The van der Waals surface area contributed by atoms with Gasteiger partial charge >= 0.3 is 5.97 Å². The zero-order valence-electron chi connectivity index (χ0n) is 12.8. The third-order valence-electron chi connectivity index (χ3n) is 3.99. The van der Waals surface area contributed by atoms with E-state index in [2.05, 4.69) is 10.3 Å². The highest BCUT2D eigenvalue weighted by molar-refractivity contribution is 5.92. The van der Waals surface area contributed by atoms with E-state index in [0.29, 0.717) is 5.95 Å². The van der Waals surface area contributed by atoms with Crippen molar-refractivity contribution >= 4 is 29.0 Å². The van der Waals surface area contributed by atoms with E-state index in [0.717, 1.165) is 16.6 Å². The highest BCUT2D eigenvalue weighted by atomic mass is 16.4. The first-order valence-corrected chi connectivity index (χ1v) is 7.65. The third kappa shape index (κ3) is 2.46. The summed E-state index contributed by atoms with van der Waals surface area (Å²) in [5, 5.41) is 12.2. The number of allylic oxidation sites excluding steroid dienone is 2. The Balaban J connectivity index is 1.82. The Morgan fingerprint density at radius 2 is 1.88 bits per heavy atom. The number of para-hydroxylation sites is 2. The van der Waals surface area contributed by atoms with Crippen LogP contribution < -0.4 is 5.32 Å². The number of hydrogen-bond donors (Lipinski definition) is 2. The quantitative estimate of drug-likeness (QED) is 0.773. The Labute approximate surface area is 138 Å². The number of fused-ring (bicyclic) bond motifs is 3. The Morgan fingerprint density at radius 1 is 1.12 bits per heavy atom. The third-order valence-corrected chi connectivity index (χ3v) is 3.99. The average Bonchev–Trinajstić information content (AvgIpc) is 2.99. The molecule has 1 aromatic heterocycles. The summed E-state index contributed by atoms with van der Waals surface area (Å²) in [6.07, 6.45) is 5.67. The molecule has 1 atom stereocenters. The predicted octanol–water partition coefficient (Wildman–Crippen LogP) is 3.68. The fourth-order valence-electron chi connectivity index (χ4n) is 2.88. The second-order valence-corrected chi connectivity index (χ2v) is 5.57. The summed E-state index contributed by atoms with van der Waals surface area (Å²) in [7, 11) is 0. The van der Waals surface area contributed by atoms with Crippen molar-refractivity contribution in [1.29, 1.82) is 0 Å². The van der Waals surface area contributed by atoms with Crippen molar-refractivity contribution in [3.05, 3.63) is 78.0 Å². The van der Waals surface area contributed by atoms with Crippen LogP contribution in [0.5, 0.6) is 0 Å². The molecule has 5 heteroatoms. The van der Waals surface area contributed by atoms with Crippen LogP contribution in [-0.2, 0) is 4.79 Å². The topological polar surface area (TPSA) is 67.1 Å². The number of carboxylic acid groups (broad SMARTS) is 1. The van der Waals surface area contributed by atoms with Crippen molar-refractivity contribution in [2.24, 2.45) is 0 Å². The number of anilines is 1. The fourth-order valence-corrected chi connectivity index (χ4v) is 2.88. The van der Waals surface area contributed by atoms with Gasteiger partial charge in [0.1, 0.15) is 5.70 Å². The molecule has 2 heterocycles. The Kier molecular flexibility index (Phi) is 3.39. The number of rotatable bonds is 3. The molecule has 2 N–H and O–H groups in total. The van der Waals surface area contributed by atoms with Gasteiger partial charge in [0.25, 0.3) is 0 Å². The number of benzene rings is 2. The zero-order chi connectivity index (χ0) is 16.5. The number of nitrogens with one attached hydrogen (secondary N) is 1. The number of hydrogen-bond acceptors (Lipinski definition) is 3. The minimum Gasteiger partial charge on any atom is -0.477 e. The lowest BCUT2D eigenvalue weighted by Crippen LogP contribution is -2.22. The van der Waals surface area contributed by atoms with Gasteiger partial charge in [-0.25, -0.2) is 9.78 Å². The van der Waals surface area contributed by atoms with Crippen molar-refractivity contribution < 1.29 is 9.90 Å². The number of nitrogens with zero attached hydrogens (tertiary/aromatic N) is 2. The predicted molar refractivity (Wildman–Crippen MR) is 93.6 cm³/mol. The Morgan fingerprint density at radius 3 is 2.67 bits per heavy atom. The number of aromatic nitrogens is 2. The number of imidazole rings is 1. The molecule has 0 amide bonds. The molecule has 0 saturated carbocycles. The maximum absolute atomic E-state index is 11.4. The standard InChI is InChI=1S/C19H15N3O2/c23-18(24)16-12-14(11-10-13-6-2-1-3-7-13)22-17-9-5-4-8-15(17)20-19(22)21-16/h1-12,14H,(H,20,21)(H,23,24)/b11-10+/t14-/m0/s1. The first-order valence-electron chi connectivity index (χ1n) is 7.65. The lowest BCUT2D eigenvalue weighted by atomic mass is 10.1. The van der Waals surface area contributed by atoms with Crippen molar-refractivity contribution in [3.63, 3.8) is 0 Å². The summed E-state index contributed by atoms with van der Waals surface area (Å²) in [5.74, 6) is -0.453. The second kappa shape index (κ2) is 5.70. The van der Waals surface area contributed by atoms with Gasteiger partial charge in [0.05, 0.1) is 17.1 Å². The molecule has 0 saturated heterocycles. The van der Waals surface area contributed by atoms with Gasteiger partial charge in [0.2, 0.25) is 5.95 Å². The summed E-state index contributed by atoms with van der Waals surface area (Å²) in [4.78, 5) is 15.9. The van der Waals surface area contributed by atoms with Gasteiger partial charge in [-0.2, -0.15) is 0 Å². The van der Waals surface area contributed by atoms with Gasteiger partial charge in [-0.15, -0.1) is 0 Å². The summed E-state index contributed by atoms with van der Waals surface area (Å²) in [5.41, 5.74) is 2.99. The minimum absolute atomic E-state index is 0.139. The summed E-state index contributed by atoms with van der Waals surface area (Å²) < 4.78 is 2.00. The van der Waals surface area contributed by atoms with E-state index in [4.69, 9.17) is 0 Å². The van der Waals surface area contributed by atoms with Crippen molar-refractivity contribution in [2.45, 2.75) is 6.04 Å². The van der Waals surface area contributed by atoms with E-state index in [1.807, 2.05) is 71.3 Å². The molecule has 0 unspecified atom stereocenters. The smallest absolute Gasteiger partial charge is 0.352 e. The molecular formula is C19H15N3O2. The fraction of sp³-hybridized carbons (Fsp3) is 0.0526. The van der Waals surface area contributed by atoms with Crippen LogP contribution in [0.25, 0.3) is 17.1 Å². The Hall–Kier alpha value is -3.34. The minimum atomic E-state index is -0.994. The van der Waals surface area contributed by atoms with Crippen LogP contribution in [0.3, 0.4) is 0 Å². The molecule has 118 valence electrons. The molecule has 5 nitrogen and oxygen atoms in total. The van der Waals surface area contributed by atoms with E-state index in [1.165, 1.54) is 0 Å². The van der Waals surface area contributed by atoms with Gasteiger partial charge in [-0.1, -0.05) is 54.6 Å². The molecule has 4 rings (SSSR count). The molecule has 0 aliphatic carbocycles. The normalized spacial score (nSPS) is 16.7. The molecule has 1 aliphatic heterocycles. The van der Waals surface area contributed by atoms with E-state index in [-0.39, 0.29) is 11.7 Å². The summed E-state index contributed by atoms with van der Waals surface area (Å²) in [6.45, 7) is 0. The second-order valence-electron chi connectivity index (χ2n) is 5.57. The van der Waals surface area contributed by atoms with Crippen LogP contribution in [0.1, 0.15) is 11.6 Å². The first kappa shape index (κ1) is 14.3. The molecule has 0 bridgehead atoms. The van der Waals surface area contributed by atoms with Crippen LogP contribution in [0, 0.1) is 0 Å². The molecule has 2 aromatic carbocycles. The highest BCUT2D eigenvalue weighted by Crippen LogP contribution is 2.31. The number of carbonyl (C=O) groups is 1. The highest BCUT2D eigenvalue weighted by Gasteiger charge is 2.24. The van der Waals surface area contributed by atoms with Crippen molar-refractivity contribution in [1.82, 2.24) is 9.55 Å². The lowest BCUT2D eigenvalue weighted by Gasteiger charge is -2.22. The SMILES string of the molecule is O=C(O)C1=C[C@H](/C=C/c2ccccc2)n2c(nc3ccccc32)N1. The van der Waals surface area contributed by atoms with E-state index in [1.54, 1.807) is 6.08 Å². The number of aliphatic carboxylic acids is 1. The molecule has 0 fully saturated rings. The van der Waals surface area contributed by atoms with Gasteiger partial charge in [-0.3, -0.25) is 4.57 Å². The van der Waals surface area contributed by atoms with Crippen molar-refractivity contribution in [2.75, 3.05) is 5.32 Å². The lowest BCUT2D eigenvalue weighted by molar-refractivity contribution is -0.132. The molecular weight excluding hydrogens is 302 g/mol. The maximum Gasteiger partial charge on any atom is 0.352 e. The summed E-state index contributed by atoms with van der Waals surface area (Å²) in [6, 6.07) is 17.5. The Bertz CT molecular complexity index is 971. The van der Waals surface area contributed by atoms with E-state index in [9.17, 15) is 9.90 Å². The van der Waals surface area contributed by atoms with Crippen LogP contribution in [0.4, 0.5) is 5.95 Å². The van der Waals surface area contributed by atoms with Crippen LogP contribution in [0.2, 0.25) is 0 Å². The molecule has 24 heavy (non-hydrogen) atoms. The van der Waals surface area contributed by atoms with Crippen LogP contribution in [0.15, 0.2) is 72.4 Å². The van der Waals surface area contributed by atoms with Gasteiger partial charge in [0.15, 0.2) is 0 Å².